The third-order valence-corrected chi connectivity index (χ3v) is 3.64. The van der Waals surface area contributed by atoms with Crippen molar-refractivity contribution in [3.05, 3.63) is 28.3 Å². The molecular formula is C16H25Cl2NO2. The number of benzene rings is 1. The minimum absolute atomic E-state index is 0. The molecule has 21 heavy (non-hydrogen) atoms. The molecule has 0 spiro atoms. The molecule has 0 aromatic heterocycles. The first kappa shape index (κ1) is 18.6. The molecule has 5 heteroatoms. The predicted molar refractivity (Wildman–Crippen MR) is 89.6 cm³/mol. The fourth-order valence-electron chi connectivity index (χ4n) is 2.16. The topological polar surface area (TPSA) is 44.5 Å². The summed E-state index contributed by atoms with van der Waals surface area (Å²) in [6, 6.07) is 4.12. The Labute approximate surface area is 138 Å². The summed E-state index contributed by atoms with van der Waals surface area (Å²) in [5.74, 6) is 1.51. The Bertz CT molecular complexity index is 448. The highest BCUT2D eigenvalue weighted by Crippen LogP contribution is 2.35. The highest BCUT2D eigenvalue weighted by Gasteiger charge is 2.23. The zero-order chi connectivity index (χ0) is 14.5. The summed E-state index contributed by atoms with van der Waals surface area (Å²) < 4.78 is 11.4. The Hall–Kier alpha value is -0.480. The van der Waals surface area contributed by atoms with Crippen LogP contribution in [-0.2, 0) is 17.8 Å². The molecule has 1 aromatic carbocycles. The monoisotopic (exact) mass is 333 g/mol. The van der Waals surface area contributed by atoms with E-state index in [1.807, 2.05) is 19.9 Å². The van der Waals surface area contributed by atoms with Gasteiger partial charge in [-0.1, -0.05) is 11.6 Å². The largest absolute Gasteiger partial charge is 0.491 e. The van der Waals surface area contributed by atoms with Crippen LogP contribution in [0.15, 0.2) is 12.1 Å². The summed E-state index contributed by atoms with van der Waals surface area (Å²) in [5.41, 5.74) is 8.09. The van der Waals surface area contributed by atoms with E-state index in [0.29, 0.717) is 24.2 Å². The van der Waals surface area contributed by atoms with Gasteiger partial charge in [-0.25, -0.2) is 0 Å². The summed E-state index contributed by atoms with van der Waals surface area (Å²) in [6.07, 6.45) is 3.30. The molecule has 1 aromatic rings. The number of nitrogens with two attached hydrogens (primary N) is 1. The number of hydrogen-bond acceptors (Lipinski definition) is 3. The van der Waals surface area contributed by atoms with Crippen molar-refractivity contribution in [1.29, 1.82) is 0 Å². The molecule has 1 atom stereocenters. The quantitative estimate of drug-likeness (QED) is 0.782. The van der Waals surface area contributed by atoms with Gasteiger partial charge in [-0.05, 0) is 62.3 Å². The normalized spacial score (nSPS) is 15.4. The smallest absolute Gasteiger partial charge is 0.141 e. The number of ether oxygens (including phenoxy) is 2. The Morgan fingerprint density at radius 1 is 1.38 bits per heavy atom. The van der Waals surface area contributed by atoms with Crippen molar-refractivity contribution in [2.45, 2.75) is 45.8 Å². The maximum absolute atomic E-state index is 6.38. The fourth-order valence-corrected chi connectivity index (χ4v) is 2.48. The molecule has 1 unspecified atom stereocenters. The van der Waals surface area contributed by atoms with E-state index in [9.17, 15) is 0 Å². The van der Waals surface area contributed by atoms with Gasteiger partial charge in [0, 0.05) is 12.6 Å². The highest BCUT2D eigenvalue weighted by atomic mass is 35.5. The Morgan fingerprint density at radius 3 is 2.67 bits per heavy atom. The van der Waals surface area contributed by atoms with Crippen molar-refractivity contribution in [1.82, 2.24) is 0 Å². The second-order valence-electron chi connectivity index (χ2n) is 5.64. The first-order valence-electron chi connectivity index (χ1n) is 7.37. The lowest BCUT2D eigenvalue weighted by Gasteiger charge is -2.16. The average molecular weight is 334 g/mol. The third-order valence-electron chi connectivity index (χ3n) is 3.36. The molecule has 1 aliphatic rings. The van der Waals surface area contributed by atoms with Crippen molar-refractivity contribution in [3.63, 3.8) is 0 Å². The van der Waals surface area contributed by atoms with Crippen LogP contribution in [0.25, 0.3) is 0 Å². The van der Waals surface area contributed by atoms with E-state index in [4.69, 9.17) is 26.8 Å². The molecule has 2 rings (SSSR count). The van der Waals surface area contributed by atoms with Crippen LogP contribution in [0.2, 0.25) is 5.02 Å². The van der Waals surface area contributed by atoms with Crippen molar-refractivity contribution in [3.8, 4) is 5.75 Å². The molecule has 3 nitrogen and oxygen atoms in total. The van der Waals surface area contributed by atoms with Gasteiger partial charge in [0.15, 0.2) is 0 Å². The zero-order valence-electron chi connectivity index (χ0n) is 12.7. The highest BCUT2D eigenvalue weighted by molar-refractivity contribution is 6.32. The lowest BCUT2D eigenvalue weighted by Crippen LogP contribution is -2.19. The second-order valence-corrected chi connectivity index (χ2v) is 6.05. The maximum Gasteiger partial charge on any atom is 0.141 e. The molecule has 0 bridgehead atoms. The van der Waals surface area contributed by atoms with Crippen LogP contribution in [0, 0.1) is 5.92 Å². The first-order valence-corrected chi connectivity index (χ1v) is 7.75. The molecular weight excluding hydrogens is 309 g/mol. The van der Waals surface area contributed by atoms with E-state index in [2.05, 4.69) is 6.07 Å². The van der Waals surface area contributed by atoms with Crippen LogP contribution in [0.5, 0.6) is 5.75 Å². The summed E-state index contributed by atoms with van der Waals surface area (Å²) >= 11 is 6.38. The van der Waals surface area contributed by atoms with Gasteiger partial charge in [-0.15, -0.1) is 12.4 Å². The van der Waals surface area contributed by atoms with Gasteiger partial charge >= 0.3 is 0 Å². The Balaban J connectivity index is 0.00000220. The summed E-state index contributed by atoms with van der Waals surface area (Å²) in [5, 5.41) is 0.665. The molecule has 1 saturated carbocycles. The van der Waals surface area contributed by atoms with Gasteiger partial charge in [0.05, 0.1) is 18.2 Å². The van der Waals surface area contributed by atoms with Gasteiger partial charge in [0.25, 0.3) is 0 Å². The molecule has 1 aliphatic carbocycles. The molecule has 2 N–H and O–H groups in total. The van der Waals surface area contributed by atoms with Crippen LogP contribution in [-0.4, -0.2) is 19.3 Å². The molecule has 1 fully saturated rings. The van der Waals surface area contributed by atoms with Crippen molar-refractivity contribution >= 4 is 24.0 Å². The van der Waals surface area contributed by atoms with Gasteiger partial charge < -0.3 is 15.2 Å². The predicted octanol–water partition coefficient (Wildman–Crippen LogP) is 3.98. The van der Waals surface area contributed by atoms with Crippen LogP contribution in [0.4, 0.5) is 0 Å². The zero-order valence-corrected chi connectivity index (χ0v) is 14.3. The minimum Gasteiger partial charge on any atom is -0.491 e. The number of hydrogen-bond donors (Lipinski definition) is 1. The molecule has 120 valence electrons. The minimum atomic E-state index is 0. The Kier molecular flexibility index (Phi) is 7.82. The summed E-state index contributed by atoms with van der Waals surface area (Å²) in [7, 11) is 0. The lowest BCUT2D eigenvalue weighted by molar-refractivity contribution is 0.134. The van der Waals surface area contributed by atoms with E-state index in [1.165, 1.54) is 12.8 Å². The standard InChI is InChI=1S/C16H24ClNO2.ClH/c1-3-19-9-13-7-14(6-11(2)18)16(15(17)8-13)20-10-12-4-5-12;/h7-8,11-12H,3-6,9-10,18H2,1-2H3;1H. The molecule has 0 saturated heterocycles. The Morgan fingerprint density at radius 2 is 2.10 bits per heavy atom. The van der Waals surface area contributed by atoms with E-state index in [-0.39, 0.29) is 18.4 Å². The maximum atomic E-state index is 6.38. The van der Waals surface area contributed by atoms with E-state index in [1.54, 1.807) is 0 Å². The summed E-state index contributed by atoms with van der Waals surface area (Å²) in [6.45, 7) is 6.01. The van der Waals surface area contributed by atoms with Crippen molar-refractivity contribution < 1.29 is 9.47 Å². The number of halogens is 2. The van der Waals surface area contributed by atoms with Crippen LogP contribution < -0.4 is 10.5 Å². The first-order chi connectivity index (χ1) is 9.60. The summed E-state index contributed by atoms with van der Waals surface area (Å²) in [4.78, 5) is 0. The van der Waals surface area contributed by atoms with Crippen molar-refractivity contribution in [2.75, 3.05) is 13.2 Å². The second kappa shape index (κ2) is 8.84. The fraction of sp³-hybridized carbons (Fsp3) is 0.625. The van der Waals surface area contributed by atoms with Gasteiger partial charge in [0.1, 0.15) is 5.75 Å². The molecule has 0 radical (unpaired) electrons. The van der Waals surface area contributed by atoms with Crippen LogP contribution in [0.1, 0.15) is 37.8 Å². The van der Waals surface area contributed by atoms with E-state index >= 15 is 0 Å². The van der Waals surface area contributed by atoms with Gasteiger partial charge in [-0.3, -0.25) is 0 Å². The molecule has 0 amide bonds. The van der Waals surface area contributed by atoms with Crippen LogP contribution >= 0.6 is 24.0 Å². The van der Waals surface area contributed by atoms with Crippen LogP contribution in [0.3, 0.4) is 0 Å². The van der Waals surface area contributed by atoms with Crippen molar-refractivity contribution in [2.24, 2.45) is 11.7 Å². The van der Waals surface area contributed by atoms with Gasteiger partial charge in [-0.2, -0.15) is 0 Å². The lowest BCUT2D eigenvalue weighted by atomic mass is 10.0. The SMILES string of the molecule is CCOCc1cc(Cl)c(OCC2CC2)c(CC(C)N)c1.Cl. The molecule has 0 heterocycles. The third kappa shape index (κ3) is 6.03. The van der Waals surface area contributed by atoms with Gasteiger partial charge in [0.2, 0.25) is 0 Å². The average Bonchev–Trinajstić information content (AvgIpc) is 3.18. The molecule has 0 aliphatic heterocycles. The van der Waals surface area contributed by atoms with E-state index in [0.717, 1.165) is 29.9 Å². The van der Waals surface area contributed by atoms with E-state index < -0.39 is 0 Å². The number of rotatable bonds is 8.